The molecule has 1 atom stereocenters. The fourth-order valence-electron chi connectivity index (χ4n) is 3.41. The van der Waals surface area contributed by atoms with Crippen molar-refractivity contribution in [2.75, 3.05) is 31.3 Å². The molecule has 2 amide bonds. The van der Waals surface area contributed by atoms with E-state index in [1.54, 1.807) is 24.3 Å². The third-order valence-electron chi connectivity index (χ3n) is 5.47. The molecule has 0 saturated carbocycles. The lowest BCUT2D eigenvalue weighted by Gasteiger charge is -2.25. The smallest absolute Gasteiger partial charge is 0.255 e. The third kappa shape index (κ3) is 6.34. The molecule has 1 unspecified atom stereocenters. The van der Waals surface area contributed by atoms with Crippen molar-refractivity contribution in [3.63, 3.8) is 0 Å². The molecular formula is C26H28ClN3O3. The van der Waals surface area contributed by atoms with Gasteiger partial charge in [-0.2, -0.15) is 0 Å². The summed E-state index contributed by atoms with van der Waals surface area (Å²) >= 11 is 6.15. The first-order valence-corrected chi connectivity index (χ1v) is 11.0. The van der Waals surface area contributed by atoms with E-state index in [4.69, 9.17) is 16.3 Å². The van der Waals surface area contributed by atoms with Gasteiger partial charge in [-0.25, -0.2) is 0 Å². The minimum Gasteiger partial charge on any atom is -0.495 e. The zero-order valence-corrected chi connectivity index (χ0v) is 19.9. The van der Waals surface area contributed by atoms with Crippen LogP contribution in [0.15, 0.2) is 66.7 Å². The fraction of sp³-hybridized carbons (Fsp3) is 0.231. The monoisotopic (exact) mass is 465 g/mol. The highest BCUT2D eigenvalue weighted by molar-refractivity contribution is 6.31. The van der Waals surface area contributed by atoms with Crippen LogP contribution < -0.4 is 15.4 Å². The van der Waals surface area contributed by atoms with Crippen LogP contribution in [0.3, 0.4) is 0 Å². The number of hydrogen-bond donors (Lipinski definition) is 2. The van der Waals surface area contributed by atoms with E-state index in [0.717, 1.165) is 11.1 Å². The van der Waals surface area contributed by atoms with E-state index in [0.29, 0.717) is 27.7 Å². The summed E-state index contributed by atoms with van der Waals surface area (Å²) in [4.78, 5) is 27.1. The molecule has 2 N–H and O–H groups in total. The average Bonchev–Trinajstić information content (AvgIpc) is 2.81. The summed E-state index contributed by atoms with van der Waals surface area (Å²) in [6.45, 7) is 4.06. The summed E-state index contributed by atoms with van der Waals surface area (Å²) in [6, 6.07) is 20.1. The number of ether oxygens (including phenoxy) is 1. The van der Waals surface area contributed by atoms with Gasteiger partial charge in [0.2, 0.25) is 5.91 Å². The topological polar surface area (TPSA) is 70.7 Å². The largest absolute Gasteiger partial charge is 0.495 e. The van der Waals surface area contributed by atoms with Gasteiger partial charge in [-0.15, -0.1) is 0 Å². The highest BCUT2D eigenvalue weighted by Gasteiger charge is 2.17. The number of rotatable bonds is 8. The number of likely N-dealkylation sites (N-methyl/N-ethyl adjacent to an activating group) is 1. The molecule has 0 aromatic heterocycles. The summed E-state index contributed by atoms with van der Waals surface area (Å²) in [7, 11) is 3.41. The number of nitrogens with zero attached hydrogens (tertiary/aromatic N) is 1. The number of carbonyl (C=O) groups is 2. The van der Waals surface area contributed by atoms with E-state index >= 15 is 0 Å². The van der Waals surface area contributed by atoms with Gasteiger partial charge in [0.25, 0.3) is 5.91 Å². The van der Waals surface area contributed by atoms with Crippen molar-refractivity contribution in [1.29, 1.82) is 0 Å². The minimum absolute atomic E-state index is 0.0572. The third-order valence-corrected chi connectivity index (χ3v) is 5.88. The summed E-state index contributed by atoms with van der Waals surface area (Å²) in [5, 5.41) is 6.41. The molecule has 33 heavy (non-hydrogen) atoms. The van der Waals surface area contributed by atoms with Crippen molar-refractivity contribution < 1.29 is 14.3 Å². The molecule has 3 aromatic carbocycles. The summed E-state index contributed by atoms with van der Waals surface area (Å²) < 4.78 is 5.33. The normalized spacial score (nSPS) is 11.7. The van der Waals surface area contributed by atoms with Gasteiger partial charge in [-0.05, 0) is 62.4 Å². The van der Waals surface area contributed by atoms with Crippen LogP contribution >= 0.6 is 11.6 Å². The van der Waals surface area contributed by atoms with Gasteiger partial charge in [0, 0.05) is 28.4 Å². The first-order chi connectivity index (χ1) is 15.8. The summed E-state index contributed by atoms with van der Waals surface area (Å²) in [6.07, 6.45) is 0. The van der Waals surface area contributed by atoms with Gasteiger partial charge in [-0.1, -0.05) is 41.9 Å². The number of aryl methyl sites for hydroxylation is 1. The Morgan fingerprint density at radius 3 is 2.45 bits per heavy atom. The van der Waals surface area contributed by atoms with Crippen molar-refractivity contribution in [3.05, 3.63) is 88.4 Å². The van der Waals surface area contributed by atoms with E-state index in [-0.39, 0.29) is 24.4 Å². The van der Waals surface area contributed by atoms with Crippen molar-refractivity contribution in [3.8, 4) is 5.75 Å². The van der Waals surface area contributed by atoms with Crippen LogP contribution in [0.1, 0.15) is 34.5 Å². The standard InChI is InChI=1S/C26H28ClN3O3/c1-17-13-23(24(33-4)15-22(17)27)29-25(31)16-30(3)18(2)20-11-8-12-21(14-20)28-26(32)19-9-6-5-7-10-19/h5-15,18H,16H2,1-4H3,(H,28,32)(H,29,31). The number of hydrogen-bond acceptors (Lipinski definition) is 4. The Kier molecular flexibility index (Phi) is 8.09. The highest BCUT2D eigenvalue weighted by Crippen LogP contribution is 2.31. The molecule has 6 nitrogen and oxygen atoms in total. The van der Waals surface area contributed by atoms with Crippen molar-refractivity contribution in [2.24, 2.45) is 0 Å². The second-order valence-electron chi connectivity index (χ2n) is 7.89. The van der Waals surface area contributed by atoms with Crippen molar-refractivity contribution >= 4 is 34.8 Å². The second kappa shape index (κ2) is 11.0. The maximum absolute atomic E-state index is 12.7. The molecule has 172 valence electrons. The van der Waals surface area contributed by atoms with Gasteiger partial charge in [-0.3, -0.25) is 14.5 Å². The van der Waals surface area contributed by atoms with Crippen LogP contribution in [0.2, 0.25) is 5.02 Å². The quantitative estimate of drug-likeness (QED) is 0.458. The van der Waals surface area contributed by atoms with Crippen molar-refractivity contribution in [2.45, 2.75) is 19.9 Å². The van der Waals surface area contributed by atoms with Gasteiger partial charge >= 0.3 is 0 Å². The maximum atomic E-state index is 12.7. The number of anilines is 2. The SMILES string of the molecule is COc1cc(Cl)c(C)cc1NC(=O)CN(C)C(C)c1cccc(NC(=O)c2ccccc2)c1. The highest BCUT2D eigenvalue weighted by atomic mass is 35.5. The molecule has 0 fully saturated rings. The van der Waals surface area contributed by atoms with Crippen LogP contribution in [0, 0.1) is 6.92 Å². The molecule has 7 heteroatoms. The number of methoxy groups -OCH3 is 1. The molecule has 0 aliphatic rings. The van der Waals surface area contributed by atoms with Gasteiger partial charge in [0.05, 0.1) is 19.3 Å². The Morgan fingerprint density at radius 2 is 1.76 bits per heavy atom. The zero-order valence-electron chi connectivity index (χ0n) is 19.2. The van der Waals surface area contributed by atoms with Crippen LogP contribution in [0.5, 0.6) is 5.75 Å². The molecule has 3 aromatic rings. The molecule has 3 rings (SSSR count). The Labute approximate surface area is 199 Å². The Bertz CT molecular complexity index is 1130. The molecule has 0 saturated heterocycles. The number of nitrogens with one attached hydrogen (secondary N) is 2. The number of halogens is 1. The molecule has 0 bridgehead atoms. The fourth-order valence-corrected chi connectivity index (χ4v) is 3.56. The van der Waals surface area contributed by atoms with E-state index in [1.165, 1.54) is 7.11 Å². The molecule has 0 aliphatic heterocycles. The predicted molar refractivity (Wildman–Crippen MR) is 133 cm³/mol. The molecule has 0 radical (unpaired) electrons. The lowest BCUT2D eigenvalue weighted by molar-refractivity contribution is -0.117. The molecule has 0 heterocycles. The van der Waals surface area contributed by atoms with E-state index < -0.39 is 0 Å². The number of amides is 2. The number of benzene rings is 3. The summed E-state index contributed by atoms with van der Waals surface area (Å²) in [5.41, 5.74) is 3.71. The Balaban J connectivity index is 1.64. The molecule has 0 aliphatic carbocycles. The first-order valence-electron chi connectivity index (χ1n) is 10.6. The Morgan fingerprint density at radius 1 is 1.03 bits per heavy atom. The average molecular weight is 466 g/mol. The van der Waals surface area contributed by atoms with E-state index in [9.17, 15) is 9.59 Å². The van der Waals surface area contributed by atoms with Gasteiger partial charge in [0.1, 0.15) is 5.75 Å². The van der Waals surface area contributed by atoms with E-state index in [2.05, 4.69) is 10.6 Å². The maximum Gasteiger partial charge on any atom is 0.255 e. The van der Waals surface area contributed by atoms with Gasteiger partial charge in [0.15, 0.2) is 0 Å². The van der Waals surface area contributed by atoms with Gasteiger partial charge < -0.3 is 15.4 Å². The summed E-state index contributed by atoms with van der Waals surface area (Å²) in [5.74, 6) is 0.176. The first kappa shape index (κ1) is 24.3. The van der Waals surface area contributed by atoms with Crippen LogP contribution in [-0.2, 0) is 4.79 Å². The lowest BCUT2D eigenvalue weighted by atomic mass is 10.1. The predicted octanol–water partition coefficient (Wildman–Crippen LogP) is 5.54. The zero-order chi connectivity index (χ0) is 24.0. The molecular weight excluding hydrogens is 438 g/mol. The van der Waals surface area contributed by atoms with Crippen LogP contribution in [0.25, 0.3) is 0 Å². The van der Waals surface area contributed by atoms with E-state index in [1.807, 2.05) is 68.3 Å². The second-order valence-corrected chi connectivity index (χ2v) is 8.29. The molecule has 0 spiro atoms. The Hall–Kier alpha value is -3.35. The number of carbonyl (C=O) groups excluding carboxylic acids is 2. The van der Waals surface area contributed by atoms with Crippen LogP contribution in [-0.4, -0.2) is 37.4 Å². The lowest BCUT2D eigenvalue weighted by Crippen LogP contribution is -2.32. The van der Waals surface area contributed by atoms with Crippen LogP contribution in [0.4, 0.5) is 11.4 Å². The minimum atomic E-state index is -0.169. The van der Waals surface area contributed by atoms with Crippen molar-refractivity contribution in [1.82, 2.24) is 4.90 Å².